The fourth-order valence-electron chi connectivity index (χ4n) is 2.25. The van der Waals surface area contributed by atoms with Gasteiger partial charge in [0, 0.05) is 13.0 Å². The summed E-state index contributed by atoms with van der Waals surface area (Å²) in [7, 11) is 1.50. The van der Waals surface area contributed by atoms with Gasteiger partial charge in [0.05, 0.1) is 0 Å². The van der Waals surface area contributed by atoms with Crippen LogP contribution >= 0.6 is 0 Å². The summed E-state index contributed by atoms with van der Waals surface area (Å²) in [6.07, 6.45) is 11.8. The predicted octanol–water partition coefficient (Wildman–Crippen LogP) is 8.55. The summed E-state index contributed by atoms with van der Waals surface area (Å²) in [4.78, 5) is 13.1. The van der Waals surface area contributed by atoms with E-state index in [0.29, 0.717) is 12.2 Å². The monoisotopic (exact) mass is 588 g/mol. The van der Waals surface area contributed by atoms with Crippen LogP contribution in [0.5, 0.6) is 0 Å². The van der Waals surface area contributed by atoms with E-state index in [9.17, 15) is 4.79 Å². The summed E-state index contributed by atoms with van der Waals surface area (Å²) < 4.78 is 0. The summed E-state index contributed by atoms with van der Waals surface area (Å²) in [5.41, 5.74) is 4.50. The van der Waals surface area contributed by atoms with E-state index in [1.54, 1.807) is 0 Å². The van der Waals surface area contributed by atoms with Gasteiger partial charge < -0.3 is 23.3 Å². The quantitative estimate of drug-likeness (QED) is 0.0981. The number of carbonyl (C=O) groups excluding carboxylic acids is 1. The molecule has 2 unspecified atom stereocenters. The minimum atomic E-state index is 0. The number of unbranched alkanes of at least 4 members (excludes halogenated alkanes) is 1. The van der Waals surface area contributed by atoms with Crippen molar-refractivity contribution in [2.45, 2.75) is 162 Å². The Morgan fingerprint density at radius 1 is 0.795 bits per heavy atom. The van der Waals surface area contributed by atoms with E-state index in [4.69, 9.17) is 0 Å². The van der Waals surface area contributed by atoms with Gasteiger partial charge in [0.2, 0.25) is 0 Å². The number of nitrogens with zero attached hydrogens (tertiary/aromatic N) is 1. The summed E-state index contributed by atoms with van der Waals surface area (Å²) in [6, 6.07) is 0. The van der Waals surface area contributed by atoms with Crippen molar-refractivity contribution in [1.82, 2.24) is 5.32 Å². The second-order valence-corrected chi connectivity index (χ2v) is 8.37. The summed E-state index contributed by atoms with van der Waals surface area (Å²) in [5.74, 6) is 3.31. The topological polar surface area (TPSA) is 67.5 Å². The molecule has 0 fully saturated rings. The van der Waals surface area contributed by atoms with Gasteiger partial charge in [0.25, 0.3) is 0 Å². The van der Waals surface area contributed by atoms with Gasteiger partial charge in [-0.1, -0.05) is 149 Å². The Morgan fingerprint density at radius 3 is 1.36 bits per heavy atom. The minimum Gasteiger partial charge on any atom is -0.371 e. The van der Waals surface area contributed by atoms with Gasteiger partial charge in [-0.2, -0.15) is 0 Å². The first kappa shape index (κ1) is 67.3. The van der Waals surface area contributed by atoms with Crippen molar-refractivity contribution in [2.24, 2.45) is 28.5 Å². The summed E-state index contributed by atoms with van der Waals surface area (Å²) in [6.45, 7) is 39.8. The second-order valence-electron chi connectivity index (χ2n) is 8.37. The zero-order valence-corrected chi connectivity index (χ0v) is 34.4. The fourth-order valence-corrected chi connectivity index (χ4v) is 2.25. The molecule has 2 atom stereocenters. The largest absolute Gasteiger partial charge is 1.00 e. The molecule has 5 heteroatoms. The molecule has 0 aliphatic heterocycles. The molecule has 0 aromatic carbocycles. The molecule has 39 heavy (non-hydrogen) atoms. The Hall–Kier alpha value is 0.476. The Bertz CT molecular complexity index is 336. The Kier molecular flexibility index (Phi) is 144. The fraction of sp³-hybridized carbons (Fsp3) is 0.853. The van der Waals surface area contributed by atoms with Crippen LogP contribution in [0.4, 0.5) is 0 Å². The van der Waals surface area contributed by atoms with Crippen LogP contribution in [0.15, 0.2) is 17.4 Å². The van der Waals surface area contributed by atoms with Crippen LogP contribution in [0, 0.1) is 25.2 Å². The van der Waals surface area contributed by atoms with Gasteiger partial charge >= 0.3 is 51.4 Å². The molecule has 0 spiro atoms. The van der Waals surface area contributed by atoms with Crippen molar-refractivity contribution >= 4 is 13.0 Å². The third-order valence-electron chi connectivity index (χ3n) is 4.23. The third kappa shape index (κ3) is 122. The van der Waals surface area contributed by atoms with Crippen LogP contribution in [0.2, 0.25) is 0 Å². The van der Waals surface area contributed by atoms with Crippen LogP contribution < -0.4 is 62.4 Å². The molecular formula is C34H82KN3O. The number of aldehydes is 1. The van der Waals surface area contributed by atoms with E-state index < -0.39 is 0 Å². The van der Waals surface area contributed by atoms with Gasteiger partial charge in [0.15, 0.2) is 0 Å². The van der Waals surface area contributed by atoms with Gasteiger partial charge in [-0.3, -0.25) is 0 Å². The molecular weight excluding hydrogens is 505 g/mol. The van der Waals surface area contributed by atoms with Crippen LogP contribution in [0.3, 0.4) is 0 Å². The van der Waals surface area contributed by atoms with E-state index in [2.05, 4.69) is 84.7 Å². The van der Waals surface area contributed by atoms with Gasteiger partial charge in [-0.05, 0) is 44.4 Å². The number of hydrogen-bond acceptors (Lipinski definition) is 4. The van der Waals surface area contributed by atoms with Gasteiger partial charge in [0.1, 0.15) is 12.1 Å². The maximum Gasteiger partial charge on any atom is 1.00 e. The first-order chi connectivity index (χ1) is 17.7. The first-order valence-electron chi connectivity index (χ1n) is 15.6. The Labute approximate surface area is 295 Å². The minimum absolute atomic E-state index is 0. The average molecular weight is 588 g/mol. The zero-order valence-electron chi connectivity index (χ0n) is 31.2. The molecule has 0 amide bonds. The molecule has 0 aromatic heterocycles. The standard InChI is InChI=1S/C11H22N2.C7H16.C4H8O.C4H10.3C2H6.CH5N.CH3.K/c1-5-7-11(6-2)8-9-13-10(3)12-4;1-4-6-7(3)5-2;1-2-3-4-5;1-4(2)3;4*1-2;;/h11,13H,3-9H2,1-2H3;7H,4-6H2,1-3H3;4H,2-3H2,1H3;4H,1-3H3;3*1-2H3;2H2,1H3;1H3;/q;;;;;;;;-1;+1. The molecule has 0 aliphatic carbocycles. The van der Waals surface area contributed by atoms with Gasteiger partial charge in [-0.15, -0.1) is 0 Å². The molecule has 0 saturated heterocycles. The maximum absolute atomic E-state index is 9.40. The summed E-state index contributed by atoms with van der Waals surface area (Å²) >= 11 is 0. The van der Waals surface area contributed by atoms with E-state index in [0.717, 1.165) is 37.0 Å². The van der Waals surface area contributed by atoms with Gasteiger partial charge in [-0.25, -0.2) is 4.99 Å². The van der Waals surface area contributed by atoms with E-state index >= 15 is 0 Å². The van der Waals surface area contributed by atoms with Crippen LogP contribution in [-0.2, 0) is 4.79 Å². The van der Waals surface area contributed by atoms with Crippen molar-refractivity contribution in [1.29, 1.82) is 0 Å². The third-order valence-corrected chi connectivity index (χ3v) is 4.23. The molecule has 0 aliphatic rings. The van der Waals surface area contributed by atoms with Crippen molar-refractivity contribution in [3.05, 3.63) is 19.8 Å². The molecule has 0 rings (SSSR count). The average Bonchev–Trinajstić information content (AvgIpc) is 2.93. The number of nitrogens with one attached hydrogen (secondary N) is 1. The van der Waals surface area contributed by atoms with Crippen LogP contribution in [0.1, 0.15) is 162 Å². The Balaban J connectivity index is -0.0000000348. The molecule has 0 aromatic rings. The molecule has 0 saturated carbocycles. The maximum atomic E-state index is 9.40. The van der Waals surface area contributed by atoms with Crippen molar-refractivity contribution in [2.75, 3.05) is 13.6 Å². The van der Waals surface area contributed by atoms with Crippen LogP contribution in [0.25, 0.3) is 0 Å². The molecule has 0 radical (unpaired) electrons. The number of carbonyl (C=O) groups is 1. The number of aliphatic imine (C=N–C) groups is 1. The van der Waals surface area contributed by atoms with Crippen molar-refractivity contribution in [3.8, 4) is 0 Å². The Morgan fingerprint density at radius 2 is 1.18 bits per heavy atom. The van der Waals surface area contributed by atoms with Crippen molar-refractivity contribution < 1.29 is 56.2 Å². The number of nitrogens with two attached hydrogens (primary N) is 1. The van der Waals surface area contributed by atoms with E-state index in [1.807, 2.05) is 48.5 Å². The van der Waals surface area contributed by atoms with E-state index in [-0.39, 0.29) is 58.8 Å². The SMILES string of the molecule is C=NC(=C)NCCC(CC)CCC.CC.CC.CC.CC(C)C.CCCC(C)CC.CCCC=O.CN.[CH3-].[K+]. The predicted molar refractivity (Wildman–Crippen MR) is 186 cm³/mol. The second kappa shape index (κ2) is 83.3. The molecule has 0 heterocycles. The number of rotatable bonds is 13. The smallest absolute Gasteiger partial charge is 0.371 e. The zero-order chi connectivity index (χ0) is 31.5. The normalized spacial score (nSPS) is 9.08. The first-order valence-corrected chi connectivity index (χ1v) is 15.6. The summed E-state index contributed by atoms with van der Waals surface area (Å²) in [5, 5.41) is 3.13. The molecule has 0 bridgehead atoms. The van der Waals surface area contributed by atoms with E-state index in [1.165, 1.54) is 52.0 Å². The number of hydrogen-bond donors (Lipinski definition) is 2. The molecule has 4 nitrogen and oxygen atoms in total. The van der Waals surface area contributed by atoms with Crippen molar-refractivity contribution in [3.63, 3.8) is 0 Å². The molecule has 3 N–H and O–H groups in total. The molecule has 240 valence electrons. The van der Waals surface area contributed by atoms with Crippen LogP contribution in [-0.4, -0.2) is 26.6 Å².